The fourth-order valence-corrected chi connectivity index (χ4v) is 4.05. The van der Waals surface area contributed by atoms with Gasteiger partial charge in [0.2, 0.25) is 0 Å². The van der Waals surface area contributed by atoms with Gasteiger partial charge in [-0.2, -0.15) is 0 Å². The van der Waals surface area contributed by atoms with Crippen LogP contribution < -0.4 is 29.6 Å². The molecule has 2 N–H and O–H groups in total. The van der Waals surface area contributed by atoms with Crippen molar-refractivity contribution in [1.29, 1.82) is 0 Å². The molecule has 0 bridgehead atoms. The highest BCUT2D eigenvalue weighted by Crippen LogP contribution is 2.31. The molecule has 1 fully saturated rings. The van der Waals surface area contributed by atoms with Crippen LogP contribution in [0.4, 0.5) is 0 Å². The number of amides is 2. The fourth-order valence-electron chi connectivity index (χ4n) is 3.73. The summed E-state index contributed by atoms with van der Waals surface area (Å²) < 4.78 is 21.6. The number of hydrogen-bond donors (Lipinski definition) is 2. The zero-order valence-corrected chi connectivity index (χ0v) is 20.6. The summed E-state index contributed by atoms with van der Waals surface area (Å²) in [6.45, 7) is -0.250. The third-order valence-electron chi connectivity index (χ3n) is 5.43. The van der Waals surface area contributed by atoms with E-state index in [9.17, 15) is 9.59 Å². The summed E-state index contributed by atoms with van der Waals surface area (Å²) >= 11 is 11.9. The number of methoxy groups -OCH3 is 2. The van der Waals surface area contributed by atoms with Crippen molar-refractivity contribution in [3.63, 3.8) is 0 Å². The molecular formula is C24H28Cl2N2O6. The van der Waals surface area contributed by atoms with Crippen molar-refractivity contribution < 1.29 is 28.5 Å². The summed E-state index contributed by atoms with van der Waals surface area (Å²) in [6.07, 6.45) is 3.03. The summed E-state index contributed by atoms with van der Waals surface area (Å²) in [7, 11) is 3.02. The highest BCUT2D eigenvalue weighted by Gasteiger charge is 2.24. The van der Waals surface area contributed by atoms with Crippen molar-refractivity contribution in [2.45, 2.75) is 37.8 Å². The molecule has 2 aromatic carbocycles. The normalized spacial score (nSPS) is 17.4. The molecule has 34 heavy (non-hydrogen) atoms. The molecular weight excluding hydrogens is 483 g/mol. The second-order valence-corrected chi connectivity index (χ2v) is 8.72. The van der Waals surface area contributed by atoms with Crippen LogP contribution in [0.15, 0.2) is 36.4 Å². The van der Waals surface area contributed by atoms with Crippen LogP contribution in [0.5, 0.6) is 23.0 Å². The van der Waals surface area contributed by atoms with Gasteiger partial charge in [-0.05, 0) is 49.9 Å². The smallest absolute Gasteiger partial charge is 0.258 e. The van der Waals surface area contributed by atoms with Gasteiger partial charge in [0.15, 0.2) is 36.2 Å². The maximum Gasteiger partial charge on any atom is 0.258 e. The van der Waals surface area contributed by atoms with Gasteiger partial charge in [-0.3, -0.25) is 9.59 Å². The molecule has 0 aromatic heterocycles. The Morgan fingerprint density at radius 1 is 0.735 bits per heavy atom. The molecule has 0 radical (unpaired) electrons. The molecule has 184 valence electrons. The molecule has 0 spiro atoms. The van der Waals surface area contributed by atoms with E-state index in [1.54, 1.807) is 36.4 Å². The van der Waals surface area contributed by atoms with Gasteiger partial charge < -0.3 is 29.6 Å². The lowest BCUT2D eigenvalue weighted by Crippen LogP contribution is -2.45. The second kappa shape index (κ2) is 12.6. The highest BCUT2D eigenvalue weighted by atomic mass is 35.5. The van der Waals surface area contributed by atoms with Crippen LogP contribution in [0.1, 0.15) is 25.7 Å². The predicted octanol–water partition coefficient (Wildman–Crippen LogP) is 4.01. The number of nitrogens with one attached hydrogen (secondary N) is 2. The average molecular weight is 511 g/mol. The van der Waals surface area contributed by atoms with Crippen molar-refractivity contribution in [2.75, 3.05) is 27.4 Å². The molecule has 8 nitrogen and oxygen atoms in total. The van der Waals surface area contributed by atoms with E-state index in [-0.39, 0.29) is 37.1 Å². The van der Waals surface area contributed by atoms with Gasteiger partial charge in [-0.15, -0.1) is 0 Å². The third-order valence-corrected chi connectivity index (χ3v) is 5.90. The Bertz CT molecular complexity index is 916. The number of hydrogen-bond acceptors (Lipinski definition) is 6. The average Bonchev–Trinajstić information content (AvgIpc) is 2.83. The number of rotatable bonds is 10. The summed E-state index contributed by atoms with van der Waals surface area (Å²) in [5, 5.41) is 7.01. The largest absolute Gasteiger partial charge is 0.493 e. The molecule has 0 heterocycles. The SMILES string of the molecule is COc1cc(Cl)ccc1OCC(=O)NC1CCC(NC(=O)COc2ccc(Cl)cc2OC)CC1. The van der Waals surface area contributed by atoms with E-state index in [1.807, 2.05) is 0 Å². The maximum absolute atomic E-state index is 12.3. The Hall–Kier alpha value is -2.84. The van der Waals surface area contributed by atoms with Gasteiger partial charge in [0, 0.05) is 34.3 Å². The number of ether oxygens (including phenoxy) is 4. The van der Waals surface area contributed by atoms with E-state index in [4.69, 9.17) is 42.1 Å². The zero-order chi connectivity index (χ0) is 24.5. The minimum Gasteiger partial charge on any atom is -0.493 e. The molecule has 0 aliphatic heterocycles. The molecule has 2 amide bonds. The summed E-state index contributed by atoms with van der Waals surface area (Å²) in [4.78, 5) is 24.6. The lowest BCUT2D eigenvalue weighted by atomic mass is 9.91. The number of carbonyl (C=O) groups is 2. The summed E-state index contributed by atoms with van der Waals surface area (Å²) in [5.74, 6) is 1.41. The quantitative estimate of drug-likeness (QED) is 0.501. The van der Waals surface area contributed by atoms with Crippen LogP contribution in [0.25, 0.3) is 0 Å². The Morgan fingerprint density at radius 3 is 1.47 bits per heavy atom. The molecule has 0 unspecified atom stereocenters. The standard InChI is InChI=1S/C24H28Cl2N2O6/c1-31-21-11-15(25)3-9-19(21)33-13-23(29)27-17-5-7-18(8-6-17)28-24(30)14-34-20-10-4-16(26)12-22(20)32-2/h3-4,9-12,17-18H,5-8,13-14H2,1-2H3,(H,27,29)(H,28,30). The lowest BCUT2D eigenvalue weighted by Gasteiger charge is -2.29. The first kappa shape index (κ1) is 25.8. The zero-order valence-electron chi connectivity index (χ0n) is 19.1. The topological polar surface area (TPSA) is 95.1 Å². The van der Waals surface area contributed by atoms with Gasteiger partial charge in [0.25, 0.3) is 11.8 Å². The van der Waals surface area contributed by atoms with E-state index in [0.717, 1.165) is 25.7 Å². The van der Waals surface area contributed by atoms with Gasteiger partial charge in [-0.1, -0.05) is 23.2 Å². The monoisotopic (exact) mass is 510 g/mol. The van der Waals surface area contributed by atoms with Crippen LogP contribution in [-0.2, 0) is 9.59 Å². The molecule has 1 aliphatic rings. The Morgan fingerprint density at radius 2 is 1.12 bits per heavy atom. The Balaban J connectivity index is 1.36. The second-order valence-electron chi connectivity index (χ2n) is 7.85. The molecule has 0 atom stereocenters. The summed E-state index contributed by atoms with van der Waals surface area (Å²) in [5.41, 5.74) is 0. The van der Waals surface area contributed by atoms with Crippen molar-refractivity contribution in [2.24, 2.45) is 0 Å². The molecule has 1 aliphatic carbocycles. The fraction of sp³-hybridized carbons (Fsp3) is 0.417. The Kier molecular flexibility index (Phi) is 9.53. The molecule has 10 heteroatoms. The first-order valence-electron chi connectivity index (χ1n) is 10.9. The van der Waals surface area contributed by atoms with E-state index in [0.29, 0.717) is 33.0 Å². The molecule has 2 aromatic rings. The number of carbonyl (C=O) groups excluding carboxylic acids is 2. The van der Waals surface area contributed by atoms with Crippen molar-refractivity contribution >= 4 is 35.0 Å². The molecule has 0 saturated heterocycles. The van der Waals surface area contributed by atoms with Gasteiger partial charge in [-0.25, -0.2) is 0 Å². The predicted molar refractivity (Wildman–Crippen MR) is 129 cm³/mol. The molecule has 3 rings (SSSR count). The van der Waals surface area contributed by atoms with Crippen molar-refractivity contribution in [1.82, 2.24) is 10.6 Å². The van der Waals surface area contributed by atoms with E-state index >= 15 is 0 Å². The molecule has 1 saturated carbocycles. The maximum atomic E-state index is 12.3. The third kappa shape index (κ3) is 7.60. The van der Waals surface area contributed by atoms with Crippen LogP contribution in [0, 0.1) is 0 Å². The van der Waals surface area contributed by atoms with E-state index in [1.165, 1.54) is 14.2 Å². The summed E-state index contributed by atoms with van der Waals surface area (Å²) in [6, 6.07) is 9.98. The van der Waals surface area contributed by atoms with Crippen molar-refractivity contribution in [3.8, 4) is 23.0 Å². The van der Waals surface area contributed by atoms with Crippen LogP contribution in [-0.4, -0.2) is 51.3 Å². The number of benzene rings is 2. The van der Waals surface area contributed by atoms with Crippen LogP contribution in [0.3, 0.4) is 0 Å². The van der Waals surface area contributed by atoms with Gasteiger partial charge >= 0.3 is 0 Å². The Labute approximate surface area is 208 Å². The van der Waals surface area contributed by atoms with Gasteiger partial charge in [0.05, 0.1) is 14.2 Å². The van der Waals surface area contributed by atoms with E-state index in [2.05, 4.69) is 10.6 Å². The van der Waals surface area contributed by atoms with Crippen molar-refractivity contribution in [3.05, 3.63) is 46.4 Å². The van der Waals surface area contributed by atoms with Gasteiger partial charge in [0.1, 0.15) is 0 Å². The first-order chi connectivity index (χ1) is 16.4. The minimum absolute atomic E-state index is 0.0333. The highest BCUT2D eigenvalue weighted by molar-refractivity contribution is 6.31. The first-order valence-corrected chi connectivity index (χ1v) is 11.6. The van der Waals surface area contributed by atoms with Crippen LogP contribution in [0.2, 0.25) is 10.0 Å². The lowest BCUT2D eigenvalue weighted by molar-refractivity contribution is -0.125. The minimum atomic E-state index is -0.213. The number of halogens is 2. The van der Waals surface area contributed by atoms with E-state index < -0.39 is 0 Å². The van der Waals surface area contributed by atoms with Crippen LogP contribution >= 0.6 is 23.2 Å².